The molecule has 3 amide bonds. The van der Waals surface area contributed by atoms with Crippen molar-refractivity contribution in [3.63, 3.8) is 0 Å². The summed E-state index contributed by atoms with van der Waals surface area (Å²) in [7, 11) is -1.42. The number of ether oxygens (including phenoxy) is 2. The number of carbonyl (C=O) groups excluding carboxylic acids is 2. The SMILES string of the molecule is CCc1cc2c(cc1S(=O)(=O)NC(=O)NC)C(CNC(=O)c1cc(F)ccc1OC)CCO2. The Hall–Kier alpha value is -3.34. The summed E-state index contributed by atoms with van der Waals surface area (Å²) in [6.45, 7) is 2.36. The second-order valence-corrected chi connectivity index (χ2v) is 9.08. The molecule has 0 saturated heterocycles. The molecule has 0 spiro atoms. The van der Waals surface area contributed by atoms with Gasteiger partial charge < -0.3 is 20.1 Å². The maximum Gasteiger partial charge on any atom is 0.328 e. The molecule has 178 valence electrons. The molecule has 0 radical (unpaired) electrons. The van der Waals surface area contributed by atoms with Crippen LogP contribution in [0.2, 0.25) is 0 Å². The second-order valence-electron chi connectivity index (χ2n) is 7.42. The molecular formula is C22H26FN3O6S. The predicted molar refractivity (Wildman–Crippen MR) is 119 cm³/mol. The smallest absolute Gasteiger partial charge is 0.328 e. The molecule has 1 aliphatic heterocycles. The van der Waals surface area contributed by atoms with Gasteiger partial charge in [-0.05, 0) is 48.7 Å². The molecule has 1 atom stereocenters. The van der Waals surface area contributed by atoms with Crippen molar-refractivity contribution < 1.29 is 31.9 Å². The third-order valence-electron chi connectivity index (χ3n) is 5.40. The Bertz CT molecular complexity index is 1170. The molecule has 33 heavy (non-hydrogen) atoms. The normalized spacial score (nSPS) is 15.1. The number of nitrogens with one attached hydrogen (secondary N) is 3. The molecule has 1 heterocycles. The molecule has 3 N–H and O–H groups in total. The van der Waals surface area contributed by atoms with E-state index in [-0.39, 0.29) is 28.7 Å². The van der Waals surface area contributed by atoms with Gasteiger partial charge in [-0.25, -0.2) is 22.3 Å². The van der Waals surface area contributed by atoms with Crippen LogP contribution >= 0.6 is 0 Å². The van der Waals surface area contributed by atoms with E-state index in [2.05, 4.69) is 10.6 Å². The van der Waals surface area contributed by atoms with Gasteiger partial charge in [-0.3, -0.25) is 4.79 Å². The van der Waals surface area contributed by atoms with Crippen molar-refractivity contribution in [3.05, 3.63) is 52.8 Å². The zero-order chi connectivity index (χ0) is 24.2. The van der Waals surface area contributed by atoms with E-state index in [0.29, 0.717) is 36.3 Å². The van der Waals surface area contributed by atoms with Crippen molar-refractivity contribution in [1.29, 1.82) is 0 Å². The minimum Gasteiger partial charge on any atom is -0.496 e. The maximum absolute atomic E-state index is 13.6. The van der Waals surface area contributed by atoms with Crippen LogP contribution in [-0.2, 0) is 16.4 Å². The van der Waals surface area contributed by atoms with Gasteiger partial charge in [0.2, 0.25) is 0 Å². The van der Waals surface area contributed by atoms with Gasteiger partial charge in [0.15, 0.2) is 0 Å². The van der Waals surface area contributed by atoms with Crippen LogP contribution in [-0.4, -0.2) is 47.7 Å². The molecule has 0 aromatic heterocycles. The maximum atomic E-state index is 13.6. The van der Waals surface area contributed by atoms with Crippen LogP contribution in [0, 0.1) is 5.82 Å². The molecule has 2 aromatic rings. The highest BCUT2D eigenvalue weighted by Crippen LogP contribution is 2.37. The Morgan fingerprint density at radius 2 is 2.00 bits per heavy atom. The van der Waals surface area contributed by atoms with Crippen LogP contribution in [0.3, 0.4) is 0 Å². The molecule has 9 nitrogen and oxygen atoms in total. The summed E-state index contributed by atoms with van der Waals surface area (Å²) < 4.78 is 52.1. The lowest BCUT2D eigenvalue weighted by Crippen LogP contribution is -2.38. The summed E-state index contributed by atoms with van der Waals surface area (Å²) >= 11 is 0. The highest BCUT2D eigenvalue weighted by molar-refractivity contribution is 7.90. The number of aryl methyl sites for hydroxylation is 1. The second kappa shape index (κ2) is 10.1. The predicted octanol–water partition coefficient (Wildman–Crippen LogP) is 2.31. The number of hydrogen-bond donors (Lipinski definition) is 3. The van der Waals surface area contributed by atoms with Gasteiger partial charge >= 0.3 is 6.03 Å². The molecule has 1 aliphatic rings. The quantitative estimate of drug-likeness (QED) is 0.560. The van der Waals surface area contributed by atoms with Gasteiger partial charge in [-0.2, -0.15) is 0 Å². The van der Waals surface area contributed by atoms with Gasteiger partial charge in [0, 0.05) is 25.1 Å². The standard InChI is InChI=1S/C22H26FN3O6S/c1-4-13-9-19-16(11-20(13)33(29,30)26-22(28)24-2)14(7-8-32-19)12-25-21(27)17-10-15(23)5-6-18(17)31-3/h5-6,9-11,14H,4,7-8,12H2,1-3H3,(H,25,27)(H2,24,26,28). The largest absolute Gasteiger partial charge is 0.496 e. The van der Waals surface area contributed by atoms with E-state index in [9.17, 15) is 22.4 Å². The summed E-state index contributed by atoms with van der Waals surface area (Å²) in [5.74, 6) is -0.569. The number of sulfonamides is 1. The third-order valence-corrected chi connectivity index (χ3v) is 6.81. The van der Waals surface area contributed by atoms with Crippen LogP contribution in [0.1, 0.15) is 40.7 Å². The molecule has 2 aromatic carbocycles. The van der Waals surface area contributed by atoms with E-state index < -0.39 is 27.8 Å². The molecule has 0 fully saturated rings. The number of benzene rings is 2. The highest BCUT2D eigenvalue weighted by Gasteiger charge is 2.28. The van der Waals surface area contributed by atoms with Gasteiger partial charge in [0.1, 0.15) is 17.3 Å². The molecule has 11 heteroatoms. The fourth-order valence-electron chi connectivity index (χ4n) is 3.66. The van der Waals surface area contributed by atoms with Crippen LogP contribution in [0.25, 0.3) is 0 Å². The molecular weight excluding hydrogens is 453 g/mol. The number of rotatable bonds is 7. The number of methoxy groups -OCH3 is 1. The lowest BCUT2D eigenvalue weighted by atomic mass is 9.91. The van der Waals surface area contributed by atoms with E-state index >= 15 is 0 Å². The summed E-state index contributed by atoms with van der Waals surface area (Å²) in [5, 5.41) is 4.99. The number of carbonyl (C=O) groups is 2. The number of fused-ring (bicyclic) bond motifs is 1. The van der Waals surface area contributed by atoms with E-state index in [4.69, 9.17) is 9.47 Å². The van der Waals surface area contributed by atoms with Crippen LogP contribution in [0.15, 0.2) is 35.2 Å². The van der Waals surface area contributed by atoms with Gasteiger partial charge in [-0.1, -0.05) is 6.92 Å². The van der Waals surface area contributed by atoms with Crippen LogP contribution < -0.4 is 24.8 Å². The average molecular weight is 480 g/mol. The fourth-order valence-corrected chi connectivity index (χ4v) is 4.95. The number of amides is 3. The van der Waals surface area contributed by atoms with Crippen molar-refractivity contribution in [1.82, 2.24) is 15.4 Å². The summed E-state index contributed by atoms with van der Waals surface area (Å²) in [6, 6.07) is 5.95. The Morgan fingerprint density at radius 3 is 2.67 bits per heavy atom. The van der Waals surface area contributed by atoms with E-state index in [1.165, 1.54) is 32.4 Å². The first kappa shape index (κ1) is 24.3. The Balaban J connectivity index is 1.89. The molecule has 3 rings (SSSR count). The van der Waals surface area contributed by atoms with Gasteiger partial charge in [0.05, 0.1) is 24.2 Å². The Kier molecular flexibility index (Phi) is 7.42. The van der Waals surface area contributed by atoms with Crippen molar-refractivity contribution >= 4 is 22.0 Å². The first-order valence-corrected chi connectivity index (χ1v) is 11.8. The summed E-state index contributed by atoms with van der Waals surface area (Å²) in [4.78, 5) is 24.3. The van der Waals surface area contributed by atoms with Crippen LogP contribution in [0.5, 0.6) is 11.5 Å². The lowest BCUT2D eigenvalue weighted by Gasteiger charge is -2.28. The minimum atomic E-state index is -4.12. The monoisotopic (exact) mass is 479 g/mol. The molecule has 0 aliphatic carbocycles. The van der Waals surface area contributed by atoms with E-state index in [0.717, 1.165) is 6.07 Å². The van der Waals surface area contributed by atoms with Crippen LogP contribution in [0.4, 0.5) is 9.18 Å². The van der Waals surface area contributed by atoms with Crippen molar-refractivity contribution in [2.75, 3.05) is 27.3 Å². The van der Waals surface area contributed by atoms with E-state index in [1.807, 2.05) is 4.72 Å². The number of urea groups is 1. The zero-order valence-corrected chi connectivity index (χ0v) is 19.3. The number of hydrogen-bond acceptors (Lipinski definition) is 6. The summed E-state index contributed by atoms with van der Waals surface area (Å²) in [6.07, 6.45) is 0.933. The Labute approximate surface area is 191 Å². The average Bonchev–Trinajstić information content (AvgIpc) is 2.81. The first-order chi connectivity index (χ1) is 15.7. The minimum absolute atomic E-state index is 0.0269. The summed E-state index contributed by atoms with van der Waals surface area (Å²) in [5.41, 5.74) is 1.16. The third kappa shape index (κ3) is 5.36. The zero-order valence-electron chi connectivity index (χ0n) is 18.5. The molecule has 0 bridgehead atoms. The lowest BCUT2D eigenvalue weighted by molar-refractivity contribution is 0.0944. The van der Waals surface area contributed by atoms with Crippen molar-refractivity contribution in [2.24, 2.45) is 0 Å². The van der Waals surface area contributed by atoms with Crippen molar-refractivity contribution in [3.8, 4) is 11.5 Å². The molecule has 0 saturated carbocycles. The van der Waals surface area contributed by atoms with Gasteiger partial charge in [0.25, 0.3) is 15.9 Å². The highest BCUT2D eigenvalue weighted by atomic mass is 32.2. The van der Waals surface area contributed by atoms with Gasteiger partial charge in [-0.15, -0.1) is 0 Å². The van der Waals surface area contributed by atoms with Crippen molar-refractivity contribution in [2.45, 2.75) is 30.6 Å². The molecule has 1 unspecified atom stereocenters. The Morgan fingerprint density at radius 1 is 1.24 bits per heavy atom. The number of halogens is 1. The first-order valence-electron chi connectivity index (χ1n) is 10.4. The topological polar surface area (TPSA) is 123 Å². The van der Waals surface area contributed by atoms with E-state index in [1.54, 1.807) is 13.0 Å². The fraction of sp³-hybridized carbons (Fsp3) is 0.364.